The van der Waals surface area contributed by atoms with Gasteiger partial charge in [-0.1, -0.05) is 0 Å². The van der Waals surface area contributed by atoms with Crippen molar-refractivity contribution in [3.63, 3.8) is 0 Å². The average molecular weight is 150 g/mol. The van der Waals surface area contributed by atoms with Crippen LogP contribution in [0.5, 0.6) is 0 Å². The van der Waals surface area contributed by atoms with Gasteiger partial charge in [0.1, 0.15) is 6.29 Å². The van der Waals surface area contributed by atoms with Crippen molar-refractivity contribution in [2.45, 2.75) is 20.3 Å². The lowest BCUT2D eigenvalue weighted by molar-refractivity contribution is -0.107. The number of hydrogen-bond donors (Lipinski definition) is 0. The van der Waals surface area contributed by atoms with Gasteiger partial charge in [-0.15, -0.1) is 0 Å². The van der Waals surface area contributed by atoms with Gasteiger partial charge in [-0.05, 0) is 25.5 Å². The maximum absolute atomic E-state index is 10.2. The van der Waals surface area contributed by atoms with E-state index in [2.05, 4.69) is 10.2 Å². The first-order valence-electron chi connectivity index (χ1n) is 3.47. The Morgan fingerprint density at radius 1 is 1.45 bits per heavy atom. The minimum Gasteiger partial charge on any atom is -0.303 e. The Bertz CT molecular complexity index is 271. The molecule has 0 aromatic carbocycles. The summed E-state index contributed by atoms with van der Waals surface area (Å²) in [6, 6.07) is 1.89. The van der Waals surface area contributed by atoms with Crippen molar-refractivity contribution in [3.8, 4) is 0 Å². The molecule has 0 atom stereocenters. The second-order valence-corrected chi connectivity index (χ2v) is 2.47. The van der Waals surface area contributed by atoms with E-state index in [0.717, 1.165) is 23.2 Å². The van der Waals surface area contributed by atoms with Gasteiger partial charge in [-0.3, -0.25) is 0 Å². The van der Waals surface area contributed by atoms with Crippen molar-refractivity contribution < 1.29 is 4.79 Å². The molecule has 3 nitrogen and oxygen atoms in total. The van der Waals surface area contributed by atoms with E-state index in [-0.39, 0.29) is 0 Å². The Kier molecular flexibility index (Phi) is 2.31. The molecule has 1 heterocycles. The molecule has 0 saturated carbocycles. The van der Waals surface area contributed by atoms with Crippen LogP contribution in [0, 0.1) is 13.8 Å². The number of carbonyl (C=O) groups excluding carboxylic acids is 1. The van der Waals surface area contributed by atoms with E-state index in [1.54, 1.807) is 0 Å². The fraction of sp³-hybridized carbons (Fsp3) is 0.375. The van der Waals surface area contributed by atoms with Crippen molar-refractivity contribution >= 4 is 6.29 Å². The van der Waals surface area contributed by atoms with E-state index in [0.29, 0.717) is 6.42 Å². The normalized spacial score (nSPS) is 9.64. The van der Waals surface area contributed by atoms with Gasteiger partial charge in [-0.2, -0.15) is 10.2 Å². The zero-order valence-electron chi connectivity index (χ0n) is 6.66. The number of aldehydes is 1. The Morgan fingerprint density at radius 2 is 2.18 bits per heavy atom. The van der Waals surface area contributed by atoms with E-state index in [1.807, 2.05) is 19.9 Å². The van der Waals surface area contributed by atoms with E-state index >= 15 is 0 Å². The number of hydrogen-bond acceptors (Lipinski definition) is 3. The highest BCUT2D eigenvalue weighted by molar-refractivity contribution is 5.55. The van der Waals surface area contributed by atoms with Gasteiger partial charge < -0.3 is 4.79 Å². The average Bonchev–Trinajstić information content (AvgIpc) is 1.98. The number of carbonyl (C=O) groups is 1. The van der Waals surface area contributed by atoms with Crippen molar-refractivity contribution in [2.24, 2.45) is 0 Å². The molecule has 0 amide bonds. The lowest BCUT2D eigenvalue weighted by Crippen LogP contribution is -1.97. The lowest BCUT2D eigenvalue weighted by Gasteiger charge is -1.99. The van der Waals surface area contributed by atoms with Gasteiger partial charge >= 0.3 is 0 Å². The van der Waals surface area contributed by atoms with E-state index in [9.17, 15) is 4.79 Å². The highest BCUT2D eigenvalue weighted by Gasteiger charge is 1.98. The molecule has 3 heteroatoms. The van der Waals surface area contributed by atoms with Crippen LogP contribution in [0.3, 0.4) is 0 Å². The van der Waals surface area contributed by atoms with Crippen molar-refractivity contribution in [2.75, 3.05) is 0 Å². The fourth-order valence-corrected chi connectivity index (χ4v) is 0.900. The summed E-state index contributed by atoms with van der Waals surface area (Å²) in [5.74, 6) is 0. The molecule has 0 saturated heterocycles. The van der Waals surface area contributed by atoms with Crippen LogP contribution in [-0.2, 0) is 11.2 Å². The summed E-state index contributed by atoms with van der Waals surface area (Å²) in [5, 5.41) is 7.74. The predicted octanol–water partition coefficient (Wildman–Crippen LogP) is 0.835. The first-order chi connectivity index (χ1) is 5.24. The number of aromatic nitrogens is 2. The molecule has 1 aromatic heterocycles. The smallest absolute Gasteiger partial charge is 0.124 e. The van der Waals surface area contributed by atoms with Crippen LogP contribution in [0.1, 0.15) is 17.0 Å². The van der Waals surface area contributed by atoms with Crippen molar-refractivity contribution in [1.82, 2.24) is 10.2 Å². The van der Waals surface area contributed by atoms with Gasteiger partial charge in [0.05, 0.1) is 11.4 Å². The fourth-order valence-electron chi connectivity index (χ4n) is 0.900. The third kappa shape index (κ3) is 1.83. The van der Waals surface area contributed by atoms with Crippen LogP contribution in [0.25, 0.3) is 0 Å². The van der Waals surface area contributed by atoms with Crippen LogP contribution >= 0.6 is 0 Å². The quantitative estimate of drug-likeness (QED) is 0.586. The summed E-state index contributed by atoms with van der Waals surface area (Å²) in [6.07, 6.45) is 1.31. The Labute approximate surface area is 65.5 Å². The highest BCUT2D eigenvalue weighted by Crippen LogP contribution is 2.04. The number of nitrogens with zero attached hydrogens (tertiary/aromatic N) is 2. The van der Waals surface area contributed by atoms with Crippen LogP contribution in [0.15, 0.2) is 6.07 Å². The second-order valence-electron chi connectivity index (χ2n) is 2.47. The third-order valence-corrected chi connectivity index (χ3v) is 1.51. The molecule has 0 bridgehead atoms. The molecule has 1 rings (SSSR count). The van der Waals surface area contributed by atoms with Crippen molar-refractivity contribution in [3.05, 3.63) is 23.0 Å². The first-order valence-corrected chi connectivity index (χ1v) is 3.47. The van der Waals surface area contributed by atoms with Gasteiger partial charge in [0, 0.05) is 6.42 Å². The topological polar surface area (TPSA) is 42.9 Å². The monoisotopic (exact) mass is 150 g/mol. The summed E-state index contributed by atoms with van der Waals surface area (Å²) in [6.45, 7) is 3.71. The van der Waals surface area contributed by atoms with Crippen LogP contribution in [-0.4, -0.2) is 16.5 Å². The minimum absolute atomic E-state index is 0.433. The summed E-state index contributed by atoms with van der Waals surface area (Å²) >= 11 is 0. The molecule has 0 spiro atoms. The molecule has 0 unspecified atom stereocenters. The zero-order chi connectivity index (χ0) is 8.27. The minimum atomic E-state index is 0.433. The van der Waals surface area contributed by atoms with Crippen molar-refractivity contribution in [1.29, 1.82) is 0 Å². The molecule has 58 valence electrons. The molecule has 11 heavy (non-hydrogen) atoms. The summed E-state index contributed by atoms with van der Waals surface area (Å²) in [4.78, 5) is 10.2. The Hall–Kier alpha value is -1.25. The maximum Gasteiger partial charge on any atom is 0.124 e. The first kappa shape index (κ1) is 7.85. The highest BCUT2D eigenvalue weighted by atomic mass is 16.1. The molecule has 0 fully saturated rings. The van der Waals surface area contributed by atoms with Gasteiger partial charge in [-0.25, -0.2) is 0 Å². The van der Waals surface area contributed by atoms with Crippen LogP contribution < -0.4 is 0 Å². The molecular weight excluding hydrogens is 140 g/mol. The molecule has 1 aromatic rings. The van der Waals surface area contributed by atoms with Crippen LogP contribution in [0.2, 0.25) is 0 Å². The molecule has 0 N–H and O–H groups in total. The van der Waals surface area contributed by atoms with E-state index in [4.69, 9.17) is 0 Å². The summed E-state index contributed by atoms with van der Waals surface area (Å²) in [5.41, 5.74) is 2.66. The zero-order valence-corrected chi connectivity index (χ0v) is 6.66. The molecule has 0 aliphatic carbocycles. The standard InChI is InChI=1S/C8H10N2O/c1-6-5-8(3-4-11)7(2)10-9-6/h4-5H,3H2,1-2H3. The van der Waals surface area contributed by atoms with Crippen LogP contribution in [0.4, 0.5) is 0 Å². The molecule has 0 radical (unpaired) electrons. The number of aryl methyl sites for hydroxylation is 2. The van der Waals surface area contributed by atoms with Gasteiger partial charge in [0.25, 0.3) is 0 Å². The van der Waals surface area contributed by atoms with Gasteiger partial charge in [0.15, 0.2) is 0 Å². The van der Waals surface area contributed by atoms with E-state index < -0.39 is 0 Å². The van der Waals surface area contributed by atoms with Gasteiger partial charge in [0.2, 0.25) is 0 Å². The second kappa shape index (κ2) is 3.23. The Balaban J connectivity index is 3.01. The molecule has 0 aliphatic rings. The lowest BCUT2D eigenvalue weighted by atomic mass is 10.1. The number of rotatable bonds is 2. The predicted molar refractivity (Wildman–Crippen MR) is 41.3 cm³/mol. The van der Waals surface area contributed by atoms with E-state index in [1.165, 1.54) is 0 Å². The molecule has 0 aliphatic heterocycles. The largest absolute Gasteiger partial charge is 0.303 e. The summed E-state index contributed by atoms with van der Waals surface area (Å²) < 4.78 is 0. The Morgan fingerprint density at radius 3 is 2.82 bits per heavy atom. The molecular formula is C8H10N2O. The maximum atomic E-state index is 10.2. The SMILES string of the molecule is Cc1cc(CC=O)c(C)nn1. The summed E-state index contributed by atoms with van der Waals surface area (Å²) in [7, 11) is 0. The third-order valence-electron chi connectivity index (χ3n) is 1.51.